The number of anilines is 2. The van der Waals surface area contributed by atoms with Crippen LogP contribution < -0.4 is 16.0 Å². The number of nitrogen functional groups attached to an aromatic ring is 1. The van der Waals surface area contributed by atoms with Gasteiger partial charge < -0.3 is 16.0 Å². The summed E-state index contributed by atoms with van der Waals surface area (Å²) in [6.45, 7) is 3.91. The Morgan fingerprint density at radius 1 is 0.852 bits per heavy atom. The Bertz CT molecular complexity index is 1120. The molecular weight excluding hydrogens is 332 g/mol. The highest BCUT2D eigenvalue weighted by Crippen LogP contribution is 2.41. The number of para-hydroxylation sites is 1. The van der Waals surface area contributed by atoms with Crippen molar-refractivity contribution in [3.05, 3.63) is 66.7 Å². The van der Waals surface area contributed by atoms with Crippen LogP contribution in [0.3, 0.4) is 0 Å². The number of fused-ring (bicyclic) bond motifs is 2. The fourth-order valence-electron chi connectivity index (χ4n) is 3.99. The van der Waals surface area contributed by atoms with E-state index in [1.165, 1.54) is 5.69 Å². The van der Waals surface area contributed by atoms with Gasteiger partial charge in [-0.15, -0.1) is 0 Å². The molecule has 0 amide bonds. The van der Waals surface area contributed by atoms with Gasteiger partial charge in [0.1, 0.15) is 0 Å². The van der Waals surface area contributed by atoms with Gasteiger partial charge in [-0.3, -0.25) is 0 Å². The van der Waals surface area contributed by atoms with Gasteiger partial charge in [0.15, 0.2) is 0 Å². The lowest BCUT2D eigenvalue weighted by Gasteiger charge is -2.32. The van der Waals surface area contributed by atoms with E-state index in [1.54, 1.807) is 0 Å². The largest absolute Gasteiger partial charge is 0.398 e. The molecule has 4 aromatic rings. The third-order valence-electron chi connectivity index (χ3n) is 5.36. The maximum atomic E-state index is 6.77. The SMILES string of the molecule is Nc1c(-c2ccccc2)c(N2CCNCC2)cc2nc3ccccc3cc12. The summed E-state index contributed by atoms with van der Waals surface area (Å²) in [6, 6.07) is 23.0. The van der Waals surface area contributed by atoms with Crippen LogP contribution in [-0.2, 0) is 0 Å². The lowest BCUT2D eigenvalue weighted by atomic mass is 9.96. The number of pyridine rings is 1. The van der Waals surface area contributed by atoms with E-state index < -0.39 is 0 Å². The highest BCUT2D eigenvalue weighted by Gasteiger charge is 2.20. The van der Waals surface area contributed by atoms with Crippen LogP contribution in [-0.4, -0.2) is 31.2 Å². The Hall–Kier alpha value is -3.11. The number of nitrogens with zero attached hydrogens (tertiary/aromatic N) is 2. The van der Waals surface area contributed by atoms with Crippen molar-refractivity contribution in [3.8, 4) is 11.1 Å². The van der Waals surface area contributed by atoms with Gasteiger partial charge in [0.05, 0.1) is 16.7 Å². The van der Waals surface area contributed by atoms with E-state index >= 15 is 0 Å². The average Bonchev–Trinajstić information content (AvgIpc) is 2.74. The fraction of sp³-hybridized carbons (Fsp3) is 0.174. The molecule has 134 valence electrons. The van der Waals surface area contributed by atoms with E-state index in [2.05, 4.69) is 58.7 Å². The number of benzene rings is 3. The first-order valence-electron chi connectivity index (χ1n) is 9.44. The average molecular weight is 354 g/mol. The Kier molecular flexibility index (Phi) is 3.91. The Balaban J connectivity index is 1.82. The molecule has 0 spiro atoms. The molecule has 0 aliphatic carbocycles. The van der Waals surface area contributed by atoms with E-state index in [0.29, 0.717) is 0 Å². The smallest absolute Gasteiger partial charge is 0.0751 e. The molecule has 2 heterocycles. The fourth-order valence-corrected chi connectivity index (χ4v) is 3.99. The van der Waals surface area contributed by atoms with Crippen LogP contribution in [0.2, 0.25) is 0 Å². The van der Waals surface area contributed by atoms with Crippen molar-refractivity contribution in [1.29, 1.82) is 0 Å². The van der Waals surface area contributed by atoms with Gasteiger partial charge in [0.25, 0.3) is 0 Å². The Labute approximate surface area is 158 Å². The third kappa shape index (κ3) is 2.78. The number of hydrogen-bond donors (Lipinski definition) is 2. The molecule has 5 rings (SSSR count). The summed E-state index contributed by atoms with van der Waals surface area (Å²) in [6.07, 6.45) is 0. The molecule has 1 saturated heterocycles. The molecule has 0 saturated carbocycles. The minimum atomic E-state index is 0.811. The van der Waals surface area contributed by atoms with E-state index in [4.69, 9.17) is 10.7 Å². The molecule has 1 aliphatic rings. The van der Waals surface area contributed by atoms with Crippen LogP contribution in [0.4, 0.5) is 11.4 Å². The minimum absolute atomic E-state index is 0.811. The summed E-state index contributed by atoms with van der Waals surface area (Å²) in [4.78, 5) is 7.33. The summed E-state index contributed by atoms with van der Waals surface area (Å²) < 4.78 is 0. The van der Waals surface area contributed by atoms with Crippen LogP contribution in [0.25, 0.3) is 32.9 Å². The maximum Gasteiger partial charge on any atom is 0.0751 e. The van der Waals surface area contributed by atoms with Gasteiger partial charge in [0.2, 0.25) is 0 Å². The second kappa shape index (κ2) is 6.56. The summed E-state index contributed by atoms with van der Waals surface area (Å²) in [5.74, 6) is 0. The van der Waals surface area contributed by atoms with Gasteiger partial charge in [0, 0.05) is 48.2 Å². The van der Waals surface area contributed by atoms with Crippen molar-refractivity contribution >= 4 is 33.2 Å². The molecule has 4 nitrogen and oxygen atoms in total. The molecule has 1 fully saturated rings. The van der Waals surface area contributed by atoms with Crippen molar-refractivity contribution in [2.75, 3.05) is 36.8 Å². The summed E-state index contributed by atoms with van der Waals surface area (Å²) >= 11 is 0. The zero-order valence-corrected chi connectivity index (χ0v) is 15.2. The van der Waals surface area contributed by atoms with Crippen LogP contribution in [0, 0.1) is 0 Å². The summed E-state index contributed by atoms with van der Waals surface area (Å²) in [5.41, 5.74) is 13.0. The highest BCUT2D eigenvalue weighted by atomic mass is 15.2. The monoisotopic (exact) mass is 354 g/mol. The molecule has 0 bridgehead atoms. The quantitative estimate of drug-likeness (QED) is 0.421. The number of aromatic nitrogens is 1. The minimum Gasteiger partial charge on any atom is -0.398 e. The van der Waals surface area contributed by atoms with Crippen LogP contribution >= 0.6 is 0 Å². The number of nitrogens with one attached hydrogen (secondary N) is 1. The predicted molar refractivity (Wildman–Crippen MR) is 114 cm³/mol. The van der Waals surface area contributed by atoms with E-state index in [9.17, 15) is 0 Å². The third-order valence-corrected chi connectivity index (χ3v) is 5.36. The number of piperazine rings is 1. The lowest BCUT2D eigenvalue weighted by Crippen LogP contribution is -2.43. The first kappa shape index (κ1) is 16.1. The maximum absolute atomic E-state index is 6.77. The van der Waals surface area contributed by atoms with E-state index in [-0.39, 0.29) is 0 Å². The zero-order valence-electron chi connectivity index (χ0n) is 15.2. The summed E-state index contributed by atoms with van der Waals surface area (Å²) in [7, 11) is 0. The predicted octanol–water partition coefficient (Wildman–Crippen LogP) is 4.05. The standard InChI is InChI=1S/C23H22N4/c24-23-18-14-17-8-4-5-9-19(17)26-20(18)15-21(27-12-10-25-11-13-27)22(23)16-6-2-1-3-7-16/h1-9,14-15,25H,10-13,24H2. The second-order valence-electron chi connectivity index (χ2n) is 7.04. The van der Waals surface area contributed by atoms with Crippen molar-refractivity contribution in [2.24, 2.45) is 0 Å². The van der Waals surface area contributed by atoms with Crippen molar-refractivity contribution in [3.63, 3.8) is 0 Å². The zero-order chi connectivity index (χ0) is 18.2. The van der Waals surface area contributed by atoms with Crippen molar-refractivity contribution < 1.29 is 0 Å². The van der Waals surface area contributed by atoms with Crippen molar-refractivity contribution in [1.82, 2.24) is 10.3 Å². The molecule has 27 heavy (non-hydrogen) atoms. The van der Waals surface area contributed by atoms with Crippen LogP contribution in [0.5, 0.6) is 0 Å². The van der Waals surface area contributed by atoms with Gasteiger partial charge in [-0.25, -0.2) is 4.98 Å². The molecule has 4 heteroatoms. The van der Waals surface area contributed by atoms with Gasteiger partial charge in [-0.05, 0) is 23.8 Å². The molecule has 3 aromatic carbocycles. The number of hydrogen-bond acceptors (Lipinski definition) is 4. The second-order valence-corrected chi connectivity index (χ2v) is 7.04. The van der Waals surface area contributed by atoms with E-state index in [0.717, 1.165) is 64.8 Å². The lowest BCUT2D eigenvalue weighted by molar-refractivity contribution is 0.590. The van der Waals surface area contributed by atoms with Crippen molar-refractivity contribution in [2.45, 2.75) is 0 Å². The number of nitrogens with two attached hydrogens (primary N) is 1. The molecule has 1 aromatic heterocycles. The molecule has 3 N–H and O–H groups in total. The topological polar surface area (TPSA) is 54.2 Å². The molecule has 0 radical (unpaired) electrons. The molecule has 1 aliphatic heterocycles. The number of rotatable bonds is 2. The Morgan fingerprint density at radius 3 is 2.41 bits per heavy atom. The van der Waals surface area contributed by atoms with Crippen LogP contribution in [0.15, 0.2) is 66.7 Å². The normalized spacial score (nSPS) is 14.7. The van der Waals surface area contributed by atoms with Gasteiger partial charge in [-0.2, -0.15) is 0 Å². The molecule has 0 atom stereocenters. The highest BCUT2D eigenvalue weighted by molar-refractivity contribution is 6.08. The van der Waals surface area contributed by atoms with Crippen LogP contribution in [0.1, 0.15) is 0 Å². The van der Waals surface area contributed by atoms with E-state index in [1.807, 2.05) is 18.2 Å². The summed E-state index contributed by atoms with van der Waals surface area (Å²) in [5, 5.41) is 5.57. The van der Waals surface area contributed by atoms with Gasteiger partial charge >= 0.3 is 0 Å². The van der Waals surface area contributed by atoms with Gasteiger partial charge in [-0.1, -0.05) is 48.5 Å². The Morgan fingerprint density at radius 2 is 1.59 bits per heavy atom. The first-order valence-corrected chi connectivity index (χ1v) is 9.44. The molecule has 0 unspecified atom stereocenters. The molecular formula is C23H22N4. The first-order chi connectivity index (χ1) is 13.3.